The Morgan fingerprint density at radius 1 is 1.30 bits per heavy atom. The van der Waals surface area contributed by atoms with Crippen molar-refractivity contribution in [2.75, 3.05) is 19.0 Å². The second-order valence-corrected chi connectivity index (χ2v) is 5.12. The Balaban J connectivity index is 2.73. The van der Waals surface area contributed by atoms with E-state index in [4.69, 9.17) is 9.84 Å². The van der Waals surface area contributed by atoms with E-state index in [2.05, 4.69) is 10.6 Å². The molecule has 0 saturated heterocycles. The summed E-state index contributed by atoms with van der Waals surface area (Å²) in [5.41, 5.74) is 0.529. The molecule has 0 aliphatic carbocycles. The van der Waals surface area contributed by atoms with E-state index in [0.29, 0.717) is 17.9 Å². The molecule has 0 saturated carbocycles. The number of amides is 2. The zero-order valence-corrected chi connectivity index (χ0v) is 11.9. The van der Waals surface area contributed by atoms with Gasteiger partial charge in [-0.25, -0.2) is 4.79 Å². The smallest absolute Gasteiger partial charge is 0.319 e. The fourth-order valence-electron chi connectivity index (χ4n) is 1.82. The molecule has 3 N–H and O–H groups in total. The van der Waals surface area contributed by atoms with Gasteiger partial charge >= 0.3 is 12.0 Å². The van der Waals surface area contributed by atoms with Crippen LogP contribution in [0.3, 0.4) is 0 Å². The zero-order chi connectivity index (χ0) is 15.2. The van der Waals surface area contributed by atoms with E-state index in [1.54, 1.807) is 31.4 Å². The van der Waals surface area contributed by atoms with E-state index >= 15 is 0 Å². The summed E-state index contributed by atoms with van der Waals surface area (Å²) in [6.07, 6.45) is -0.141. The maximum atomic E-state index is 11.9. The summed E-state index contributed by atoms with van der Waals surface area (Å²) in [6.45, 7) is 4.04. The number of methoxy groups -OCH3 is 1. The van der Waals surface area contributed by atoms with Gasteiger partial charge in [-0.3, -0.25) is 4.79 Å². The minimum absolute atomic E-state index is 0.141. The molecular weight excluding hydrogens is 260 g/mol. The molecule has 0 atom stereocenters. The van der Waals surface area contributed by atoms with Crippen molar-refractivity contribution in [1.82, 2.24) is 5.32 Å². The number of carboxylic acid groups (broad SMARTS) is 1. The van der Waals surface area contributed by atoms with Crippen LogP contribution in [0.5, 0.6) is 0 Å². The van der Waals surface area contributed by atoms with Crippen molar-refractivity contribution in [3.8, 4) is 0 Å². The van der Waals surface area contributed by atoms with Crippen LogP contribution in [-0.2, 0) is 16.0 Å². The summed E-state index contributed by atoms with van der Waals surface area (Å²) < 4.78 is 5.01. The summed E-state index contributed by atoms with van der Waals surface area (Å²) in [5.74, 6) is -0.945. The minimum atomic E-state index is -0.945. The summed E-state index contributed by atoms with van der Waals surface area (Å²) in [6, 6.07) is 6.41. The summed E-state index contributed by atoms with van der Waals surface area (Å²) >= 11 is 0. The minimum Gasteiger partial charge on any atom is -0.481 e. The van der Waals surface area contributed by atoms with E-state index in [0.717, 1.165) is 0 Å². The van der Waals surface area contributed by atoms with Crippen LogP contribution in [0, 0.1) is 0 Å². The molecule has 0 heterocycles. The molecule has 110 valence electrons. The number of carbonyl (C=O) groups excluding carboxylic acids is 1. The molecule has 1 aromatic carbocycles. The fourth-order valence-corrected chi connectivity index (χ4v) is 1.82. The monoisotopic (exact) mass is 280 g/mol. The van der Waals surface area contributed by atoms with Gasteiger partial charge in [-0.2, -0.15) is 0 Å². The van der Waals surface area contributed by atoms with E-state index in [-0.39, 0.29) is 6.42 Å². The number of hydrogen-bond donors (Lipinski definition) is 3. The predicted octanol–water partition coefficient (Wildman–Crippen LogP) is 1.86. The lowest BCUT2D eigenvalue weighted by Crippen LogP contribution is -2.48. The van der Waals surface area contributed by atoms with E-state index in [1.807, 2.05) is 13.8 Å². The Morgan fingerprint density at radius 3 is 2.55 bits per heavy atom. The third-order valence-corrected chi connectivity index (χ3v) is 2.56. The average molecular weight is 280 g/mol. The quantitative estimate of drug-likeness (QED) is 0.742. The van der Waals surface area contributed by atoms with E-state index < -0.39 is 17.5 Å². The first kappa shape index (κ1) is 16.0. The Kier molecular flexibility index (Phi) is 5.52. The summed E-state index contributed by atoms with van der Waals surface area (Å²) in [5, 5.41) is 14.3. The fraction of sp³-hybridized carbons (Fsp3) is 0.429. The molecule has 0 aromatic heterocycles. The van der Waals surface area contributed by atoms with Gasteiger partial charge in [0, 0.05) is 12.8 Å². The number of hydrogen-bond acceptors (Lipinski definition) is 3. The number of benzene rings is 1. The average Bonchev–Trinajstić information content (AvgIpc) is 2.29. The standard InChI is InChI=1S/C14H20N2O4/c1-14(2,9-20-3)16-13(19)15-11-7-5-4-6-10(11)8-12(17)18/h4-7H,8-9H2,1-3H3,(H,17,18)(H2,15,16,19). The predicted molar refractivity (Wildman–Crippen MR) is 75.9 cm³/mol. The van der Waals surface area contributed by atoms with Crippen LogP contribution in [0.2, 0.25) is 0 Å². The van der Waals surface area contributed by atoms with Gasteiger partial charge in [0.25, 0.3) is 0 Å². The van der Waals surface area contributed by atoms with Crippen LogP contribution in [0.15, 0.2) is 24.3 Å². The van der Waals surface area contributed by atoms with Crippen molar-refractivity contribution < 1.29 is 19.4 Å². The molecule has 1 rings (SSSR count). The third-order valence-electron chi connectivity index (χ3n) is 2.56. The molecule has 0 unspecified atom stereocenters. The van der Waals surface area contributed by atoms with E-state index in [1.165, 1.54) is 0 Å². The highest BCUT2D eigenvalue weighted by Gasteiger charge is 2.20. The molecule has 0 radical (unpaired) electrons. The van der Waals surface area contributed by atoms with Crippen molar-refractivity contribution in [2.45, 2.75) is 25.8 Å². The van der Waals surface area contributed by atoms with Crippen LogP contribution < -0.4 is 10.6 Å². The van der Waals surface area contributed by atoms with Crippen molar-refractivity contribution >= 4 is 17.7 Å². The highest BCUT2D eigenvalue weighted by Crippen LogP contribution is 2.16. The molecule has 0 spiro atoms. The Labute approximate surface area is 118 Å². The van der Waals surface area contributed by atoms with Crippen molar-refractivity contribution in [2.24, 2.45) is 0 Å². The lowest BCUT2D eigenvalue weighted by Gasteiger charge is -2.25. The van der Waals surface area contributed by atoms with Gasteiger partial charge in [-0.05, 0) is 25.5 Å². The lowest BCUT2D eigenvalue weighted by atomic mass is 10.1. The molecule has 20 heavy (non-hydrogen) atoms. The highest BCUT2D eigenvalue weighted by molar-refractivity contribution is 5.91. The second-order valence-electron chi connectivity index (χ2n) is 5.12. The van der Waals surface area contributed by atoms with Gasteiger partial charge in [0.05, 0.1) is 18.6 Å². The first-order valence-corrected chi connectivity index (χ1v) is 6.22. The highest BCUT2D eigenvalue weighted by atomic mass is 16.5. The third kappa shape index (κ3) is 5.27. The maximum Gasteiger partial charge on any atom is 0.319 e. The largest absolute Gasteiger partial charge is 0.481 e. The lowest BCUT2D eigenvalue weighted by molar-refractivity contribution is -0.136. The van der Waals surface area contributed by atoms with Gasteiger partial charge in [-0.1, -0.05) is 18.2 Å². The number of carbonyl (C=O) groups is 2. The molecule has 0 aliphatic heterocycles. The molecule has 6 heteroatoms. The van der Waals surface area contributed by atoms with Gasteiger partial charge in [0.2, 0.25) is 0 Å². The van der Waals surface area contributed by atoms with Crippen molar-refractivity contribution in [3.05, 3.63) is 29.8 Å². The Hall–Kier alpha value is -2.08. The number of ether oxygens (including phenoxy) is 1. The SMILES string of the molecule is COCC(C)(C)NC(=O)Nc1ccccc1CC(=O)O. The van der Waals surface area contributed by atoms with Crippen molar-refractivity contribution in [1.29, 1.82) is 0 Å². The molecule has 0 bridgehead atoms. The molecule has 0 aliphatic rings. The Morgan fingerprint density at radius 2 is 1.95 bits per heavy atom. The number of anilines is 1. The number of aliphatic carboxylic acids is 1. The number of rotatable bonds is 6. The summed E-state index contributed by atoms with van der Waals surface area (Å²) in [4.78, 5) is 22.7. The first-order chi connectivity index (χ1) is 9.34. The molecule has 0 fully saturated rings. The number of nitrogens with one attached hydrogen (secondary N) is 2. The molecular formula is C14H20N2O4. The van der Waals surface area contributed by atoms with Gasteiger partial charge in [0.15, 0.2) is 0 Å². The summed E-state index contributed by atoms with van der Waals surface area (Å²) in [7, 11) is 1.56. The molecule has 6 nitrogen and oxygen atoms in total. The number of carboxylic acids is 1. The topological polar surface area (TPSA) is 87.7 Å². The van der Waals surface area contributed by atoms with E-state index in [9.17, 15) is 9.59 Å². The second kappa shape index (κ2) is 6.91. The normalized spacial score (nSPS) is 10.9. The van der Waals surface area contributed by atoms with Gasteiger partial charge in [-0.15, -0.1) is 0 Å². The number of para-hydroxylation sites is 1. The first-order valence-electron chi connectivity index (χ1n) is 6.22. The van der Waals surface area contributed by atoms with Crippen molar-refractivity contribution in [3.63, 3.8) is 0 Å². The Bertz CT molecular complexity index is 486. The zero-order valence-electron chi connectivity index (χ0n) is 11.9. The number of urea groups is 1. The van der Waals surface area contributed by atoms with Gasteiger partial charge in [0.1, 0.15) is 0 Å². The van der Waals surface area contributed by atoms with Gasteiger partial charge < -0.3 is 20.5 Å². The molecule has 1 aromatic rings. The van der Waals surface area contributed by atoms with Crippen LogP contribution >= 0.6 is 0 Å². The maximum absolute atomic E-state index is 11.9. The molecule has 2 amide bonds. The van der Waals surface area contributed by atoms with Crippen LogP contribution in [0.4, 0.5) is 10.5 Å². The van der Waals surface area contributed by atoms with Crippen LogP contribution in [0.25, 0.3) is 0 Å². The van der Waals surface area contributed by atoms with Crippen LogP contribution in [0.1, 0.15) is 19.4 Å². The van der Waals surface area contributed by atoms with Crippen LogP contribution in [-0.4, -0.2) is 36.4 Å².